The number of nitrogens with zero attached hydrogens (tertiary/aromatic N) is 2. The van der Waals surface area contributed by atoms with Gasteiger partial charge in [-0.05, 0) is 31.2 Å². The Hall–Kier alpha value is -1.13. The van der Waals surface area contributed by atoms with Crippen LogP contribution in [0.5, 0.6) is 0 Å². The molecule has 1 N–H and O–H groups in total. The van der Waals surface area contributed by atoms with Crippen molar-refractivity contribution in [3.8, 4) is 0 Å². The van der Waals surface area contributed by atoms with E-state index in [-0.39, 0.29) is 5.41 Å². The standard InChI is InChI=1S/C17H29N3O/c1-6-14-12-20(7-8-21-14)16-10-13(11-18-5)9-15(19-16)17(2,3)4/h9-10,14,18H,6-8,11-12H2,1-5H3. The van der Waals surface area contributed by atoms with E-state index in [1.807, 2.05) is 7.05 Å². The quantitative estimate of drug-likeness (QED) is 0.925. The fraction of sp³-hybridized carbons (Fsp3) is 0.706. The lowest BCUT2D eigenvalue weighted by atomic mass is 9.90. The SMILES string of the molecule is CCC1CN(c2cc(CNC)cc(C(C)(C)C)n2)CCO1. The van der Waals surface area contributed by atoms with Crippen LogP contribution in [-0.2, 0) is 16.7 Å². The monoisotopic (exact) mass is 291 g/mol. The number of hydrogen-bond donors (Lipinski definition) is 1. The number of aromatic nitrogens is 1. The molecule has 0 aliphatic carbocycles. The van der Waals surface area contributed by atoms with Crippen LogP contribution in [0.2, 0.25) is 0 Å². The summed E-state index contributed by atoms with van der Waals surface area (Å²) in [6.45, 7) is 12.4. The zero-order valence-corrected chi connectivity index (χ0v) is 14.1. The molecule has 0 bridgehead atoms. The first-order valence-electron chi connectivity index (χ1n) is 7.96. The first kappa shape index (κ1) is 16.2. The van der Waals surface area contributed by atoms with Gasteiger partial charge in [0.25, 0.3) is 0 Å². The van der Waals surface area contributed by atoms with E-state index in [0.29, 0.717) is 6.10 Å². The maximum atomic E-state index is 5.77. The van der Waals surface area contributed by atoms with Crippen molar-refractivity contribution in [2.75, 3.05) is 31.6 Å². The smallest absolute Gasteiger partial charge is 0.129 e. The molecular formula is C17H29N3O. The van der Waals surface area contributed by atoms with Crippen molar-refractivity contribution in [2.24, 2.45) is 0 Å². The van der Waals surface area contributed by atoms with E-state index in [0.717, 1.165) is 44.2 Å². The van der Waals surface area contributed by atoms with Gasteiger partial charge >= 0.3 is 0 Å². The van der Waals surface area contributed by atoms with Gasteiger partial charge in [0.15, 0.2) is 0 Å². The summed E-state index contributed by atoms with van der Waals surface area (Å²) in [5.74, 6) is 1.09. The second-order valence-corrected chi connectivity index (χ2v) is 6.85. The average Bonchev–Trinajstić information content (AvgIpc) is 2.46. The first-order chi connectivity index (χ1) is 9.94. The predicted octanol–water partition coefficient (Wildman–Crippen LogP) is 2.71. The molecule has 1 fully saturated rings. The van der Waals surface area contributed by atoms with Crippen LogP contribution in [-0.4, -0.2) is 37.8 Å². The molecule has 0 radical (unpaired) electrons. The van der Waals surface area contributed by atoms with E-state index in [9.17, 15) is 0 Å². The van der Waals surface area contributed by atoms with Gasteiger partial charge in [0, 0.05) is 30.7 Å². The minimum absolute atomic E-state index is 0.0644. The minimum Gasteiger partial charge on any atom is -0.375 e. The molecule has 0 spiro atoms. The van der Waals surface area contributed by atoms with Gasteiger partial charge in [0.05, 0.1) is 12.7 Å². The molecule has 1 unspecified atom stereocenters. The van der Waals surface area contributed by atoms with E-state index in [1.54, 1.807) is 0 Å². The van der Waals surface area contributed by atoms with Gasteiger partial charge in [-0.2, -0.15) is 0 Å². The Labute approximate surface area is 128 Å². The van der Waals surface area contributed by atoms with Crippen LogP contribution in [0.15, 0.2) is 12.1 Å². The lowest BCUT2D eigenvalue weighted by molar-refractivity contribution is 0.0381. The molecule has 21 heavy (non-hydrogen) atoms. The molecule has 1 aromatic heterocycles. The summed E-state index contributed by atoms with van der Waals surface area (Å²) in [6.07, 6.45) is 1.38. The van der Waals surface area contributed by atoms with E-state index in [4.69, 9.17) is 9.72 Å². The summed E-state index contributed by atoms with van der Waals surface area (Å²) in [6, 6.07) is 4.43. The molecule has 2 heterocycles. The van der Waals surface area contributed by atoms with Crippen molar-refractivity contribution < 1.29 is 4.74 Å². The summed E-state index contributed by atoms with van der Waals surface area (Å²) in [4.78, 5) is 7.29. The lowest BCUT2D eigenvalue weighted by Crippen LogP contribution is -2.42. The number of rotatable bonds is 4. The molecular weight excluding hydrogens is 262 g/mol. The Balaban J connectivity index is 2.31. The zero-order chi connectivity index (χ0) is 15.5. The molecule has 1 saturated heterocycles. The van der Waals surface area contributed by atoms with Crippen molar-refractivity contribution in [1.29, 1.82) is 0 Å². The van der Waals surface area contributed by atoms with Crippen LogP contribution >= 0.6 is 0 Å². The van der Waals surface area contributed by atoms with Crippen LogP contribution in [0.1, 0.15) is 45.4 Å². The Morgan fingerprint density at radius 2 is 2.14 bits per heavy atom. The summed E-state index contributed by atoms with van der Waals surface area (Å²) < 4.78 is 5.77. The van der Waals surface area contributed by atoms with Gasteiger partial charge in [-0.1, -0.05) is 27.7 Å². The molecule has 0 saturated carbocycles. The average molecular weight is 291 g/mol. The van der Waals surface area contributed by atoms with Gasteiger partial charge in [0.1, 0.15) is 5.82 Å². The molecule has 0 amide bonds. The predicted molar refractivity (Wildman–Crippen MR) is 87.9 cm³/mol. The van der Waals surface area contributed by atoms with Crippen LogP contribution in [0.4, 0.5) is 5.82 Å². The molecule has 1 atom stereocenters. The third-order valence-electron chi connectivity index (χ3n) is 3.94. The van der Waals surface area contributed by atoms with Crippen molar-refractivity contribution in [3.63, 3.8) is 0 Å². The van der Waals surface area contributed by atoms with Crippen molar-refractivity contribution in [1.82, 2.24) is 10.3 Å². The molecule has 4 nitrogen and oxygen atoms in total. The molecule has 2 rings (SSSR count). The maximum absolute atomic E-state index is 5.77. The van der Waals surface area contributed by atoms with E-state index < -0.39 is 0 Å². The molecule has 0 aromatic carbocycles. The van der Waals surface area contributed by atoms with Crippen LogP contribution in [0, 0.1) is 0 Å². The third kappa shape index (κ3) is 4.17. The van der Waals surface area contributed by atoms with Crippen LogP contribution in [0.3, 0.4) is 0 Å². The number of nitrogens with one attached hydrogen (secondary N) is 1. The van der Waals surface area contributed by atoms with Gasteiger partial charge < -0.3 is 15.0 Å². The number of hydrogen-bond acceptors (Lipinski definition) is 4. The fourth-order valence-corrected chi connectivity index (χ4v) is 2.60. The third-order valence-corrected chi connectivity index (χ3v) is 3.94. The number of anilines is 1. The second kappa shape index (κ2) is 6.75. The molecule has 1 aliphatic rings. The maximum Gasteiger partial charge on any atom is 0.129 e. The first-order valence-corrected chi connectivity index (χ1v) is 7.96. The summed E-state index contributed by atoms with van der Waals surface area (Å²) >= 11 is 0. The van der Waals surface area contributed by atoms with Crippen LogP contribution in [0.25, 0.3) is 0 Å². The van der Waals surface area contributed by atoms with Gasteiger partial charge in [0.2, 0.25) is 0 Å². The second-order valence-electron chi connectivity index (χ2n) is 6.85. The van der Waals surface area contributed by atoms with Crippen molar-refractivity contribution in [2.45, 2.75) is 52.2 Å². The van der Waals surface area contributed by atoms with Crippen molar-refractivity contribution >= 4 is 5.82 Å². The topological polar surface area (TPSA) is 37.4 Å². The Bertz CT molecular complexity index is 468. The number of morpholine rings is 1. The molecule has 1 aromatic rings. The van der Waals surface area contributed by atoms with Gasteiger partial charge in [-0.15, -0.1) is 0 Å². The highest BCUT2D eigenvalue weighted by atomic mass is 16.5. The summed E-state index contributed by atoms with van der Waals surface area (Å²) in [7, 11) is 1.98. The van der Waals surface area contributed by atoms with Crippen LogP contribution < -0.4 is 10.2 Å². The Morgan fingerprint density at radius 3 is 2.76 bits per heavy atom. The summed E-state index contributed by atoms with van der Waals surface area (Å²) in [5, 5.41) is 3.24. The summed E-state index contributed by atoms with van der Waals surface area (Å²) in [5.41, 5.74) is 2.52. The highest BCUT2D eigenvalue weighted by Crippen LogP contribution is 2.26. The van der Waals surface area contributed by atoms with Gasteiger partial charge in [-0.25, -0.2) is 4.98 Å². The molecule has 1 aliphatic heterocycles. The normalized spacial score (nSPS) is 19.9. The molecule has 118 valence electrons. The van der Waals surface area contributed by atoms with E-state index in [2.05, 4.69) is 50.0 Å². The zero-order valence-electron chi connectivity index (χ0n) is 14.1. The Kier molecular flexibility index (Phi) is 5.22. The van der Waals surface area contributed by atoms with E-state index in [1.165, 1.54) is 5.56 Å². The van der Waals surface area contributed by atoms with Gasteiger partial charge in [-0.3, -0.25) is 0 Å². The van der Waals surface area contributed by atoms with E-state index >= 15 is 0 Å². The largest absolute Gasteiger partial charge is 0.375 e. The van der Waals surface area contributed by atoms with Crippen molar-refractivity contribution in [3.05, 3.63) is 23.4 Å². The molecule has 4 heteroatoms. The minimum atomic E-state index is 0.0644. The Morgan fingerprint density at radius 1 is 1.38 bits per heavy atom. The fourth-order valence-electron chi connectivity index (χ4n) is 2.60. The highest BCUT2D eigenvalue weighted by Gasteiger charge is 2.23. The highest BCUT2D eigenvalue weighted by molar-refractivity contribution is 5.44. The number of ether oxygens (including phenoxy) is 1. The number of pyridine rings is 1. The lowest BCUT2D eigenvalue weighted by Gasteiger charge is -2.34.